The van der Waals surface area contributed by atoms with Crippen molar-refractivity contribution in [3.8, 4) is 0 Å². The Kier molecular flexibility index (Phi) is 6.26. The van der Waals surface area contributed by atoms with Crippen LogP contribution in [0.3, 0.4) is 0 Å². The third-order valence-corrected chi connectivity index (χ3v) is 2.15. The maximum absolute atomic E-state index is 9.60. The van der Waals surface area contributed by atoms with E-state index in [2.05, 4.69) is 24.3 Å². The SMILES string of the molecule is CC1CCCCC1.NC(=O)N(N)N. The number of hydrogen-bond donors (Lipinski definition) is 3. The molecule has 0 saturated heterocycles. The molecule has 1 aliphatic carbocycles. The molecule has 0 bridgehead atoms. The van der Waals surface area contributed by atoms with Crippen molar-refractivity contribution < 1.29 is 4.79 Å². The van der Waals surface area contributed by atoms with Crippen LogP contribution in [0.25, 0.3) is 0 Å². The lowest BCUT2D eigenvalue weighted by Gasteiger charge is -2.15. The molecule has 1 fully saturated rings. The lowest BCUT2D eigenvalue weighted by molar-refractivity contribution is 0.210. The van der Waals surface area contributed by atoms with Gasteiger partial charge in [0.1, 0.15) is 0 Å². The summed E-state index contributed by atoms with van der Waals surface area (Å²) in [6.45, 7) is 2.36. The lowest BCUT2D eigenvalue weighted by Crippen LogP contribution is -2.46. The molecule has 13 heavy (non-hydrogen) atoms. The van der Waals surface area contributed by atoms with Gasteiger partial charge in [-0.2, -0.15) is 5.12 Å². The van der Waals surface area contributed by atoms with Crippen LogP contribution in [0, 0.1) is 5.92 Å². The van der Waals surface area contributed by atoms with E-state index in [-0.39, 0.29) is 0 Å². The zero-order valence-electron chi connectivity index (χ0n) is 8.20. The van der Waals surface area contributed by atoms with Gasteiger partial charge in [0.25, 0.3) is 0 Å². The van der Waals surface area contributed by atoms with Gasteiger partial charge in [0, 0.05) is 0 Å². The smallest absolute Gasteiger partial charge is 0.343 e. The minimum atomic E-state index is -0.852. The topological polar surface area (TPSA) is 98.4 Å². The molecule has 0 aromatic carbocycles. The molecule has 6 N–H and O–H groups in total. The van der Waals surface area contributed by atoms with Gasteiger partial charge in [0.2, 0.25) is 0 Å². The Morgan fingerprint density at radius 1 is 1.23 bits per heavy atom. The average Bonchev–Trinajstić information content (AvgIpc) is 2.06. The molecular weight excluding hydrogens is 168 g/mol. The van der Waals surface area contributed by atoms with Crippen molar-refractivity contribution >= 4 is 6.03 Å². The van der Waals surface area contributed by atoms with E-state index in [1.54, 1.807) is 0 Å². The summed E-state index contributed by atoms with van der Waals surface area (Å²) < 4.78 is 0. The Bertz CT molecular complexity index is 143. The maximum Gasteiger partial charge on any atom is 0.343 e. The highest BCUT2D eigenvalue weighted by atomic mass is 16.2. The van der Waals surface area contributed by atoms with Gasteiger partial charge < -0.3 is 5.73 Å². The predicted molar refractivity (Wildman–Crippen MR) is 52.0 cm³/mol. The minimum Gasteiger partial charge on any atom is -0.349 e. The summed E-state index contributed by atoms with van der Waals surface area (Å²) in [5.41, 5.74) is 4.47. The van der Waals surface area contributed by atoms with Gasteiger partial charge in [-0.25, -0.2) is 16.5 Å². The number of hydrogen-bond acceptors (Lipinski definition) is 3. The second-order valence-corrected chi connectivity index (χ2v) is 3.49. The van der Waals surface area contributed by atoms with Crippen molar-refractivity contribution in [2.75, 3.05) is 0 Å². The zero-order valence-corrected chi connectivity index (χ0v) is 8.20. The first-order valence-corrected chi connectivity index (χ1v) is 4.63. The number of amides is 2. The van der Waals surface area contributed by atoms with Crippen LogP contribution in [-0.4, -0.2) is 11.1 Å². The molecule has 5 heteroatoms. The van der Waals surface area contributed by atoms with Crippen LogP contribution < -0.4 is 17.4 Å². The Hall–Kier alpha value is -0.810. The molecule has 1 saturated carbocycles. The van der Waals surface area contributed by atoms with Crippen LogP contribution in [-0.2, 0) is 0 Å². The van der Waals surface area contributed by atoms with E-state index in [1.807, 2.05) is 0 Å². The predicted octanol–water partition coefficient (Wildman–Crippen LogP) is 0.701. The van der Waals surface area contributed by atoms with E-state index in [9.17, 15) is 4.79 Å². The van der Waals surface area contributed by atoms with Crippen molar-refractivity contribution in [2.45, 2.75) is 39.0 Å². The van der Waals surface area contributed by atoms with Crippen LogP contribution >= 0.6 is 0 Å². The summed E-state index contributed by atoms with van der Waals surface area (Å²) in [6.07, 6.45) is 7.44. The highest BCUT2D eigenvalue weighted by Crippen LogP contribution is 2.21. The first kappa shape index (κ1) is 12.2. The molecule has 0 spiro atoms. The van der Waals surface area contributed by atoms with Gasteiger partial charge in [-0.15, -0.1) is 0 Å². The summed E-state index contributed by atoms with van der Waals surface area (Å²) in [6, 6.07) is -0.852. The minimum absolute atomic E-state index is 0.306. The second-order valence-electron chi connectivity index (χ2n) is 3.49. The number of carbonyl (C=O) groups is 1. The van der Waals surface area contributed by atoms with Crippen LogP contribution in [0.15, 0.2) is 0 Å². The Balaban J connectivity index is 0.000000226. The van der Waals surface area contributed by atoms with Crippen LogP contribution in [0.5, 0.6) is 0 Å². The maximum atomic E-state index is 9.60. The van der Waals surface area contributed by atoms with E-state index in [1.165, 1.54) is 32.1 Å². The Morgan fingerprint density at radius 3 is 1.77 bits per heavy atom. The molecular formula is C8H20N4O. The zero-order chi connectivity index (χ0) is 10.3. The van der Waals surface area contributed by atoms with Gasteiger partial charge in [-0.1, -0.05) is 39.0 Å². The number of hydrazine groups is 2. The van der Waals surface area contributed by atoms with Crippen LogP contribution in [0.2, 0.25) is 0 Å². The fourth-order valence-electron chi connectivity index (χ4n) is 1.31. The van der Waals surface area contributed by atoms with E-state index < -0.39 is 6.03 Å². The average molecular weight is 188 g/mol. The molecule has 0 heterocycles. The number of nitrogens with two attached hydrogens (primary N) is 3. The van der Waals surface area contributed by atoms with Crippen LogP contribution in [0.1, 0.15) is 39.0 Å². The van der Waals surface area contributed by atoms with E-state index in [0.717, 1.165) is 5.92 Å². The summed E-state index contributed by atoms with van der Waals surface area (Å²) >= 11 is 0. The normalized spacial score (nSPS) is 17.2. The van der Waals surface area contributed by atoms with Crippen molar-refractivity contribution in [1.29, 1.82) is 0 Å². The second kappa shape index (κ2) is 6.68. The van der Waals surface area contributed by atoms with Crippen molar-refractivity contribution in [3.63, 3.8) is 0 Å². The first-order valence-electron chi connectivity index (χ1n) is 4.63. The fourth-order valence-corrected chi connectivity index (χ4v) is 1.31. The summed E-state index contributed by atoms with van der Waals surface area (Å²) in [4.78, 5) is 9.60. The van der Waals surface area contributed by atoms with Crippen LogP contribution in [0.4, 0.5) is 4.79 Å². The first-order chi connectivity index (χ1) is 6.04. The molecule has 5 nitrogen and oxygen atoms in total. The summed E-state index contributed by atoms with van der Waals surface area (Å²) in [5, 5.41) is 0.306. The number of primary amides is 1. The van der Waals surface area contributed by atoms with Gasteiger partial charge in [0.15, 0.2) is 0 Å². The van der Waals surface area contributed by atoms with Gasteiger partial charge in [-0.05, 0) is 5.92 Å². The van der Waals surface area contributed by atoms with E-state index in [4.69, 9.17) is 0 Å². The number of carbonyl (C=O) groups excluding carboxylic acids is 1. The van der Waals surface area contributed by atoms with Gasteiger partial charge >= 0.3 is 6.03 Å². The summed E-state index contributed by atoms with van der Waals surface area (Å²) in [7, 11) is 0. The molecule has 0 unspecified atom stereocenters. The molecule has 1 aliphatic rings. The molecule has 0 aromatic heterocycles. The van der Waals surface area contributed by atoms with Crippen molar-refractivity contribution in [1.82, 2.24) is 5.12 Å². The molecule has 1 rings (SSSR count). The fraction of sp³-hybridized carbons (Fsp3) is 0.875. The third kappa shape index (κ3) is 7.55. The lowest BCUT2D eigenvalue weighted by atomic mass is 9.91. The molecule has 0 aliphatic heterocycles. The molecule has 0 radical (unpaired) electrons. The van der Waals surface area contributed by atoms with E-state index in [0.29, 0.717) is 5.12 Å². The van der Waals surface area contributed by atoms with E-state index >= 15 is 0 Å². The van der Waals surface area contributed by atoms with Crippen molar-refractivity contribution in [3.05, 3.63) is 0 Å². The number of nitrogens with zero attached hydrogens (tertiary/aromatic N) is 1. The highest BCUT2D eigenvalue weighted by Gasteiger charge is 2.05. The Labute approximate surface area is 79.2 Å². The number of rotatable bonds is 0. The molecule has 2 amide bonds. The quantitative estimate of drug-likeness (QED) is 0.296. The Morgan fingerprint density at radius 2 is 1.62 bits per heavy atom. The largest absolute Gasteiger partial charge is 0.349 e. The van der Waals surface area contributed by atoms with Gasteiger partial charge in [-0.3, -0.25) is 0 Å². The molecule has 0 aromatic rings. The third-order valence-electron chi connectivity index (χ3n) is 2.15. The summed E-state index contributed by atoms with van der Waals surface area (Å²) in [5.74, 6) is 10.2. The monoisotopic (exact) mass is 188 g/mol. The number of urea groups is 1. The van der Waals surface area contributed by atoms with Crippen molar-refractivity contribution in [2.24, 2.45) is 23.3 Å². The van der Waals surface area contributed by atoms with Gasteiger partial charge in [0.05, 0.1) is 0 Å². The standard InChI is InChI=1S/C7H14.CH6N4O/c1-7-5-3-2-4-6-7;2-1(6)5(3)4/h7H,2-6H2,1H3;3-4H2,(H2,2,6). The highest BCUT2D eigenvalue weighted by molar-refractivity contribution is 5.70. The molecule has 0 atom stereocenters. The molecule has 78 valence electrons.